The molecule has 94 heavy (non-hydrogen) atoms. The zero-order valence-corrected chi connectivity index (χ0v) is 55.1. The Morgan fingerprint density at radius 1 is 0.415 bits per heavy atom. The summed E-state index contributed by atoms with van der Waals surface area (Å²) in [6.45, 7) is 13.5. The van der Waals surface area contributed by atoms with Crippen LogP contribution in [0.15, 0.2) is 60.9 Å². The first-order valence-corrected chi connectivity index (χ1v) is 31.6. The molecule has 20 N–H and O–H groups in total. The number of aliphatic carboxylic acids is 3. The minimum Gasteiger partial charge on any atom is -0.481 e. The van der Waals surface area contributed by atoms with Crippen molar-refractivity contribution in [2.75, 3.05) is 13.1 Å². The van der Waals surface area contributed by atoms with Gasteiger partial charge in [-0.2, -0.15) is 0 Å². The number of para-hydroxylation sites is 2. The second-order valence-electron chi connectivity index (χ2n) is 26.6. The number of nitrogens with two attached hydrogens (primary N) is 3. The van der Waals surface area contributed by atoms with Crippen molar-refractivity contribution in [3.8, 4) is 0 Å². The lowest BCUT2D eigenvalue weighted by atomic mass is 9.91. The molecule has 0 aliphatic heterocycles. The zero-order chi connectivity index (χ0) is 70.1. The molecule has 0 saturated heterocycles. The molecule has 0 bridgehead atoms. The summed E-state index contributed by atoms with van der Waals surface area (Å²) in [6, 6.07) is 9.45. The maximum absolute atomic E-state index is 14.0. The number of carbonyl (C=O) groups excluding carboxylic acids is 9. The molecule has 0 radical (unpaired) electrons. The van der Waals surface area contributed by atoms with Crippen molar-refractivity contribution in [3.63, 3.8) is 0 Å². The van der Waals surface area contributed by atoms with Gasteiger partial charge in [0, 0.05) is 150 Å². The largest absolute Gasteiger partial charge is 0.481 e. The number of carboxylic acid groups (broad SMARTS) is 3. The van der Waals surface area contributed by atoms with Crippen LogP contribution in [-0.4, -0.2) is 168 Å². The number of amides is 9. The minimum absolute atomic E-state index is 0.0200. The average Bonchev–Trinajstić information content (AvgIpc) is 2.02. The number of H-pyrrole nitrogens is 2. The van der Waals surface area contributed by atoms with E-state index in [9.17, 15) is 72.9 Å². The van der Waals surface area contributed by atoms with E-state index in [1.54, 1.807) is 67.8 Å². The quantitative estimate of drug-likeness (QED) is 0.0301. The van der Waals surface area contributed by atoms with E-state index in [2.05, 4.69) is 57.8 Å². The fourth-order valence-corrected chi connectivity index (χ4v) is 11.4. The van der Waals surface area contributed by atoms with Crippen LogP contribution in [0, 0.1) is 0 Å². The third-order valence-electron chi connectivity index (χ3n) is 15.6. The van der Waals surface area contributed by atoms with Crippen LogP contribution < -0.4 is 65.1 Å². The Morgan fingerprint density at radius 3 is 1.17 bits per heavy atom. The molecule has 2 heterocycles. The van der Waals surface area contributed by atoms with Gasteiger partial charge in [-0.1, -0.05) is 43.3 Å². The summed E-state index contributed by atoms with van der Waals surface area (Å²) in [4.78, 5) is 163. The number of carboxylic acids is 3. The molecule has 29 heteroatoms. The maximum Gasteiger partial charge on any atom is 0.305 e. The maximum atomic E-state index is 14.0. The van der Waals surface area contributed by atoms with Gasteiger partial charge in [-0.15, -0.1) is 0 Å². The SMILES string of the molecule is CC[C@@](C)(CC(=O)N[C@H](CC(=O)O)CC(=O)NC(C)(C)CC(=O)N[C@@H](CC(=O)N[C@@H](CCN)CC(=O)NC(C)(C)CC(=O)N[C@H](CC(=O)NC(CC(=O)O)CC(=O)O)Cc1c[nH]c2ccccc12)Cc1c[nH]c2ccccc12)NC(=O)CC(C)(C)NC(=O)C[C@@H](N)CCN. The van der Waals surface area contributed by atoms with E-state index in [4.69, 9.17) is 17.2 Å². The van der Waals surface area contributed by atoms with E-state index in [0.29, 0.717) is 13.0 Å². The summed E-state index contributed by atoms with van der Waals surface area (Å²) in [6.07, 6.45) is 0.425. The molecule has 0 spiro atoms. The van der Waals surface area contributed by atoms with Crippen molar-refractivity contribution in [2.45, 2.75) is 223 Å². The third kappa shape index (κ3) is 28.5. The highest BCUT2D eigenvalue weighted by Gasteiger charge is 2.35. The number of aromatic nitrogens is 2. The Hall–Kier alpha value is -8.96. The second-order valence-corrected chi connectivity index (χ2v) is 26.6. The van der Waals surface area contributed by atoms with Gasteiger partial charge in [0.15, 0.2) is 0 Å². The molecule has 29 nitrogen and oxygen atoms in total. The predicted octanol–water partition coefficient (Wildman–Crippen LogP) is 1.79. The number of nitrogens with one attached hydrogen (secondary N) is 11. The molecule has 0 unspecified atom stereocenters. The second kappa shape index (κ2) is 35.9. The summed E-state index contributed by atoms with van der Waals surface area (Å²) in [5.74, 6) is -8.95. The fourth-order valence-electron chi connectivity index (χ4n) is 11.4. The molecule has 518 valence electrons. The standard InChI is InChI=1S/C65H98N14O15/c1-9-65(8,79-58(88)34-64(6,7)76-52(82)24-40(68)18-20-66)35-57(87)75-44(29-59(89)90)28-54(84)78-63(4,5)33-56(86)73-42(22-38-36-69-48-16-12-10-14-46(38)48)26-50(80)71-41(19-21-67)25-53(83)77-62(2,3)32-55(85)74-43(23-39-37-70-49-17-13-11-15-47(39)49)27-51(81)72-45(30-60(91)92)31-61(93)94/h10-17,36-37,40-45,69-70H,9,18-35,66-68H2,1-8H3,(H,71,80)(H,72,81)(H,73,86)(H,74,85)(H,75,87)(H,76,82)(H,77,83)(H,78,84)(H,79,88)(H,89,90)(H,91,92)(H,93,94)/t40-,41-,42+,43-,44-,65-/m0/s1. The molecule has 0 saturated carbocycles. The first kappa shape index (κ1) is 77.5. The van der Waals surface area contributed by atoms with Crippen LogP contribution in [0.4, 0.5) is 0 Å². The van der Waals surface area contributed by atoms with Crippen LogP contribution in [0.1, 0.15) is 163 Å². The van der Waals surface area contributed by atoms with Gasteiger partial charge in [0.25, 0.3) is 0 Å². The summed E-state index contributed by atoms with van der Waals surface area (Å²) in [5, 5.41) is 55.2. The normalized spacial score (nSPS) is 14.0. The lowest BCUT2D eigenvalue weighted by molar-refractivity contribution is -0.141. The van der Waals surface area contributed by atoms with Gasteiger partial charge >= 0.3 is 17.9 Å². The van der Waals surface area contributed by atoms with E-state index < -0.39 is 149 Å². The third-order valence-corrected chi connectivity index (χ3v) is 15.6. The topological polar surface area (TPSA) is 483 Å². The van der Waals surface area contributed by atoms with Crippen molar-refractivity contribution in [1.29, 1.82) is 0 Å². The number of rotatable bonds is 42. The Kier molecular flexibility index (Phi) is 29.6. The highest BCUT2D eigenvalue weighted by molar-refractivity contribution is 5.89. The Morgan fingerprint density at radius 2 is 0.755 bits per heavy atom. The number of hydrogen-bond acceptors (Lipinski definition) is 15. The Bertz CT molecular complexity index is 3290. The molecule has 2 aromatic carbocycles. The summed E-state index contributed by atoms with van der Waals surface area (Å²) in [5.41, 5.74) is 16.1. The number of benzene rings is 2. The molecule has 6 atom stereocenters. The molecule has 4 aromatic rings. The van der Waals surface area contributed by atoms with Gasteiger partial charge < -0.3 is 90.3 Å². The van der Waals surface area contributed by atoms with Crippen LogP contribution in [0.2, 0.25) is 0 Å². The Balaban J connectivity index is 1.39. The van der Waals surface area contributed by atoms with Crippen LogP contribution in [0.5, 0.6) is 0 Å². The van der Waals surface area contributed by atoms with Crippen LogP contribution in [0.3, 0.4) is 0 Å². The van der Waals surface area contributed by atoms with Gasteiger partial charge in [0.2, 0.25) is 53.2 Å². The van der Waals surface area contributed by atoms with Gasteiger partial charge in [0.05, 0.1) is 19.3 Å². The first-order chi connectivity index (χ1) is 44.0. The van der Waals surface area contributed by atoms with Crippen molar-refractivity contribution in [1.82, 2.24) is 57.8 Å². The number of carbonyl (C=O) groups is 12. The van der Waals surface area contributed by atoms with Crippen LogP contribution in [-0.2, 0) is 70.4 Å². The molecule has 0 aliphatic carbocycles. The fraction of sp³-hybridized carbons (Fsp3) is 0.569. The summed E-state index contributed by atoms with van der Waals surface area (Å²) < 4.78 is 0. The van der Waals surface area contributed by atoms with E-state index in [0.717, 1.165) is 32.9 Å². The average molecular weight is 1320 g/mol. The van der Waals surface area contributed by atoms with Gasteiger partial charge in [0.1, 0.15) is 0 Å². The van der Waals surface area contributed by atoms with Crippen LogP contribution in [0.25, 0.3) is 21.8 Å². The number of hydrogen-bond donors (Lipinski definition) is 17. The highest BCUT2D eigenvalue weighted by Crippen LogP contribution is 2.24. The van der Waals surface area contributed by atoms with Crippen LogP contribution >= 0.6 is 0 Å². The number of fused-ring (bicyclic) bond motifs is 2. The molecule has 4 rings (SSSR count). The van der Waals surface area contributed by atoms with Crippen molar-refractivity contribution >= 4 is 92.9 Å². The molecule has 0 aliphatic rings. The number of aromatic amines is 2. The monoisotopic (exact) mass is 1310 g/mol. The molecule has 9 amide bonds. The van der Waals surface area contributed by atoms with Crippen molar-refractivity contribution in [2.24, 2.45) is 17.2 Å². The lowest BCUT2D eigenvalue weighted by Crippen LogP contribution is -2.54. The minimum atomic E-state index is -1.31. The van der Waals surface area contributed by atoms with Gasteiger partial charge in [-0.25, -0.2) is 0 Å². The van der Waals surface area contributed by atoms with Crippen molar-refractivity contribution in [3.05, 3.63) is 72.1 Å². The van der Waals surface area contributed by atoms with Gasteiger partial charge in [-0.3, -0.25) is 57.5 Å². The van der Waals surface area contributed by atoms with Gasteiger partial charge in [-0.05, 0) is 117 Å². The molecule has 2 aromatic heterocycles. The predicted molar refractivity (Wildman–Crippen MR) is 351 cm³/mol. The van der Waals surface area contributed by atoms with E-state index in [1.165, 1.54) is 0 Å². The summed E-state index contributed by atoms with van der Waals surface area (Å²) >= 11 is 0. The first-order valence-electron chi connectivity index (χ1n) is 31.6. The lowest BCUT2D eigenvalue weighted by Gasteiger charge is -2.33. The van der Waals surface area contributed by atoms with E-state index >= 15 is 0 Å². The highest BCUT2D eigenvalue weighted by atomic mass is 16.4. The van der Waals surface area contributed by atoms with Crippen molar-refractivity contribution < 1.29 is 72.9 Å². The van der Waals surface area contributed by atoms with E-state index in [1.807, 2.05) is 48.5 Å². The molecular formula is C65H98N14O15. The summed E-state index contributed by atoms with van der Waals surface area (Å²) in [7, 11) is 0. The molecule has 0 fully saturated rings. The zero-order valence-electron chi connectivity index (χ0n) is 55.1. The smallest absolute Gasteiger partial charge is 0.305 e. The Labute approximate surface area is 546 Å². The van der Waals surface area contributed by atoms with E-state index in [-0.39, 0.29) is 89.5 Å². The molecular weight excluding hydrogens is 1220 g/mol.